The fourth-order valence-electron chi connectivity index (χ4n) is 2.54. The molecule has 0 aliphatic rings. The third-order valence-corrected chi connectivity index (χ3v) is 3.66. The molecule has 0 unspecified atom stereocenters. The number of nitrogens with one attached hydrogen (secondary N) is 1. The molecule has 0 saturated carbocycles. The predicted molar refractivity (Wildman–Crippen MR) is 91.2 cm³/mol. The number of aromatic nitrogens is 5. The number of aryl methyl sites for hydroxylation is 1. The van der Waals surface area contributed by atoms with Crippen LogP contribution in [-0.2, 0) is 17.1 Å². The van der Waals surface area contributed by atoms with Crippen molar-refractivity contribution in [3.8, 4) is 5.82 Å². The highest BCUT2D eigenvalue weighted by atomic mass is 19.3. The van der Waals surface area contributed by atoms with Gasteiger partial charge in [0.05, 0.1) is 23.0 Å². The van der Waals surface area contributed by atoms with Crippen molar-refractivity contribution >= 4 is 22.6 Å². The van der Waals surface area contributed by atoms with E-state index in [9.17, 15) is 13.6 Å². The minimum absolute atomic E-state index is 0.0446. The number of nitrogens with two attached hydrogens (primary N) is 1. The number of alkyl halides is 2. The summed E-state index contributed by atoms with van der Waals surface area (Å²) in [7, 11) is 1.68. The molecular weight excluding hydrogens is 344 g/mol. The Morgan fingerprint density at radius 3 is 2.69 bits per heavy atom. The number of primary amides is 1. The Morgan fingerprint density at radius 2 is 2.08 bits per heavy atom. The zero-order chi connectivity index (χ0) is 19.1. The number of fused-ring (bicyclic) bond motifs is 1. The minimum atomic E-state index is -3.19. The van der Waals surface area contributed by atoms with E-state index >= 15 is 0 Å². The molecule has 0 fully saturated rings. The molecule has 3 rings (SSSR count). The molecule has 8 nitrogen and oxygen atoms in total. The molecule has 3 heterocycles. The standard InChI is InChI=1S/C16H17F2N7O/c1-8-4-13(23-15(22-8)16(2,17)18)25-11-5-9(6-12(19)26)21-7-10(11)14(20-3)24-25/h4-5,7H,6H2,1-3H3,(H2,19,26)(H,20,24). The zero-order valence-corrected chi connectivity index (χ0v) is 14.4. The molecule has 10 heteroatoms. The molecule has 0 aromatic carbocycles. The molecule has 0 aliphatic carbocycles. The fraction of sp³-hybridized carbons (Fsp3) is 0.312. The maximum atomic E-state index is 13.7. The molecule has 0 atom stereocenters. The monoisotopic (exact) mass is 361 g/mol. The van der Waals surface area contributed by atoms with Gasteiger partial charge in [-0.25, -0.2) is 14.6 Å². The highest BCUT2D eigenvalue weighted by Crippen LogP contribution is 2.28. The lowest BCUT2D eigenvalue weighted by Gasteiger charge is -2.11. The molecule has 3 N–H and O–H groups in total. The molecule has 1 amide bonds. The molecule has 0 aliphatic heterocycles. The van der Waals surface area contributed by atoms with Gasteiger partial charge in [-0.15, -0.1) is 5.10 Å². The highest BCUT2D eigenvalue weighted by molar-refractivity contribution is 5.91. The number of halogens is 2. The summed E-state index contributed by atoms with van der Waals surface area (Å²) >= 11 is 0. The van der Waals surface area contributed by atoms with Crippen molar-refractivity contribution in [3.63, 3.8) is 0 Å². The van der Waals surface area contributed by atoms with Crippen LogP contribution in [0, 0.1) is 6.92 Å². The van der Waals surface area contributed by atoms with Crippen LogP contribution in [-0.4, -0.2) is 37.7 Å². The van der Waals surface area contributed by atoms with Gasteiger partial charge in [0.2, 0.25) is 11.7 Å². The number of anilines is 1. The van der Waals surface area contributed by atoms with E-state index in [2.05, 4.69) is 25.4 Å². The van der Waals surface area contributed by atoms with Crippen molar-refractivity contribution in [2.75, 3.05) is 12.4 Å². The van der Waals surface area contributed by atoms with Crippen molar-refractivity contribution < 1.29 is 13.6 Å². The molecule has 3 aromatic rings. The third kappa shape index (κ3) is 3.30. The number of carbonyl (C=O) groups is 1. The van der Waals surface area contributed by atoms with Gasteiger partial charge in [0.25, 0.3) is 0 Å². The first-order valence-electron chi connectivity index (χ1n) is 7.77. The Bertz CT molecular complexity index is 994. The largest absolute Gasteiger partial charge is 0.371 e. The number of hydrogen-bond acceptors (Lipinski definition) is 6. The Labute approximate surface area is 147 Å². The van der Waals surface area contributed by atoms with Gasteiger partial charge in [0.1, 0.15) is 0 Å². The highest BCUT2D eigenvalue weighted by Gasteiger charge is 2.29. The third-order valence-electron chi connectivity index (χ3n) is 3.66. The summed E-state index contributed by atoms with van der Waals surface area (Å²) in [5.74, 6) is -3.61. The van der Waals surface area contributed by atoms with E-state index in [4.69, 9.17) is 5.73 Å². The van der Waals surface area contributed by atoms with E-state index in [1.807, 2.05) is 0 Å². The van der Waals surface area contributed by atoms with E-state index in [1.165, 1.54) is 4.68 Å². The van der Waals surface area contributed by atoms with Crippen LogP contribution in [0.1, 0.15) is 24.1 Å². The van der Waals surface area contributed by atoms with Gasteiger partial charge in [-0.2, -0.15) is 8.78 Å². The summed E-state index contributed by atoms with van der Waals surface area (Å²) < 4.78 is 28.8. The number of rotatable bonds is 5. The first kappa shape index (κ1) is 17.6. The Hall–Kier alpha value is -3.17. The first-order valence-corrected chi connectivity index (χ1v) is 7.77. The van der Waals surface area contributed by atoms with Crippen LogP contribution < -0.4 is 11.1 Å². The molecular formula is C16H17F2N7O. The van der Waals surface area contributed by atoms with Crippen LogP contribution in [0.25, 0.3) is 16.7 Å². The van der Waals surface area contributed by atoms with Gasteiger partial charge in [-0.1, -0.05) is 0 Å². The smallest absolute Gasteiger partial charge is 0.303 e. The van der Waals surface area contributed by atoms with Gasteiger partial charge >= 0.3 is 5.92 Å². The van der Waals surface area contributed by atoms with E-state index in [0.717, 1.165) is 6.92 Å². The summed E-state index contributed by atoms with van der Waals surface area (Å²) in [6.45, 7) is 2.34. The SMILES string of the molecule is CNc1nn(-c2cc(C)nc(C(C)(F)F)n2)c2cc(CC(N)=O)ncc12. The first-order chi connectivity index (χ1) is 12.2. The van der Waals surface area contributed by atoms with Crippen molar-refractivity contribution in [1.29, 1.82) is 0 Å². The molecule has 3 aromatic heterocycles. The number of amides is 1. The van der Waals surface area contributed by atoms with Gasteiger partial charge in [0.15, 0.2) is 11.6 Å². The summed E-state index contributed by atoms with van der Waals surface area (Å²) in [6, 6.07) is 3.18. The molecule has 0 bridgehead atoms. The normalized spacial score (nSPS) is 11.7. The van der Waals surface area contributed by atoms with Crippen molar-refractivity contribution in [3.05, 3.63) is 35.5 Å². The summed E-state index contributed by atoms with van der Waals surface area (Å²) in [5, 5.41) is 7.96. The Kier molecular flexibility index (Phi) is 4.26. The van der Waals surface area contributed by atoms with Crippen LogP contribution in [0.4, 0.5) is 14.6 Å². The van der Waals surface area contributed by atoms with Gasteiger partial charge in [-0.3, -0.25) is 9.78 Å². The maximum Gasteiger partial charge on any atom is 0.303 e. The topological polar surface area (TPSA) is 112 Å². The van der Waals surface area contributed by atoms with E-state index in [1.54, 1.807) is 32.3 Å². The lowest BCUT2D eigenvalue weighted by Crippen LogP contribution is -2.16. The van der Waals surface area contributed by atoms with Crippen molar-refractivity contribution in [1.82, 2.24) is 24.7 Å². The molecule has 0 spiro atoms. The molecule has 0 saturated heterocycles. The maximum absolute atomic E-state index is 13.7. The van der Waals surface area contributed by atoms with Crippen LogP contribution >= 0.6 is 0 Å². The number of hydrogen-bond donors (Lipinski definition) is 2. The lowest BCUT2D eigenvalue weighted by atomic mass is 10.2. The van der Waals surface area contributed by atoms with Crippen molar-refractivity contribution in [2.45, 2.75) is 26.2 Å². The van der Waals surface area contributed by atoms with E-state index in [0.29, 0.717) is 28.1 Å². The quantitative estimate of drug-likeness (QED) is 0.715. The van der Waals surface area contributed by atoms with Gasteiger partial charge < -0.3 is 11.1 Å². The van der Waals surface area contributed by atoms with E-state index in [-0.39, 0.29) is 12.2 Å². The van der Waals surface area contributed by atoms with Gasteiger partial charge in [0, 0.05) is 31.9 Å². The number of nitrogens with zero attached hydrogens (tertiary/aromatic N) is 5. The molecule has 0 radical (unpaired) electrons. The Morgan fingerprint density at radius 1 is 1.35 bits per heavy atom. The second-order valence-electron chi connectivity index (χ2n) is 5.93. The molecule has 136 valence electrons. The van der Waals surface area contributed by atoms with Crippen molar-refractivity contribution in [2.24, 2.45) is 5.73 Å². The summed E-state index contributed by atoms with van der Waals surface area (Å²) in [4.78, 5) is 23.1. The Balaban J connectivity index is 2.24. The summed E-state index contributed by atoms with van der Waals surface area (Å²) in [5.41, 5.74) is 6.61. The number of carbonyl (C=O) groups excluding carboxylic acids is 1. The van der Waals surface area contributed by atoms with Crippen LogP contribution in [0.2, 0.25) is 0 Å². The average molecular weight is 361 g/mol. The van der Waals surface area contributed by atoms with Gasteiger partial charge in [-0.05, 0) is 13.0 Å². The number of pyridine rings is 1. The van der Waals surface area contributed by atoms with Crippen LogP contribution in [0.15, 0.2) is 18.3 Å². The van der Waals surface area contributed by atoms with E-state index < -0.39 is 17.7 Å². The zero-order valence-electron chi connectivity index (χ0n) is 14.4. The molecule has 26 heavy (non-hydrogen) atoms. The fourth-order valence-corrected chi connectivity index (χ4v) is 2.54. The second kappa shape index (κ2) is 6.28. The van der Waals surface area contributed by atoms with Crippen LogP contribution in [0.5, 0.6) is 0 Å². The lowest BCUT2D eigenvalue weighted by molar-refractivity contribution is -0.117. The van der Waals surface area contributed by atoms with Crippen LogP contribution in [0.3, 0.4) is 0 Å². The minimum Gasteiger partial charge on any atom is -0.371 e. The average Bonchev–Trinajstić information content (AvgIpc) is 2.91. The second-order valence-corrected chi connectivity index (χ2v) is 5.93. The predicted octanol–water partition coefficient (Wildman–Crippen LogP) is 1.70. The summed E-state index contributed by atoms with van der Waals surface area (Å²) in [6.07, 6.45) is 1.50.